The number of anilines is 3. The minimum absolute atomic E-state index is 0.188. The Balaban J connectivity index is 1.60. The minimum atomic E-state index is -0.219. The van der Waals surface area contributed by atoms with Crippen molar-refractivity contribution in [1.82, 2.24) is 4.98 Å². The SMILES string of the molecule is O=C(Nc1cccc2c(O)cccc12)c1cccc(Nc2nccs2)c1. The van der Waals surface area contributed by atoms with Crippen LogP contribution in [0.15, 0.2) is 72.2 Å². The molecular formula is C20H15N3O2S. The Morgan fingerprint density at radius 3 is 2.65 bits per heavy atom. The standard InChI is InChI=1S/C20H15N3O2S/c24-18-9-3-6-15-16(18)7-2-8-17(15)23-19(25)13-4-1-5-14(12-13)22-20-21-10-11-26-20/h1-12,24H,(H,21,22)(H,23,25). The van der Waals surface area contributed by atoms with Gasteiger partial charge < -0.3 is 15.7 Å². The smallest absolute Gasteiger partial charge is 0.255 e. The second-order valence-electron chi connectivity index (χ2n) is 5.68. The van der Waals surface area contributed by atoms with Crippen LogP contribution in [0, 0.1) is 0 Å². The number of hydrogen-bond donors (Lipinski definition) is 3. The molecule has 0 saturated heterocycles. The van der Waals surface area contributed by atoms with E-state index in [0.717, 1.165) is 16.2 Å². The summed E-state index contributed by atoms with van der Waals surface area (Å²) >= 11 is 1.49. The van der Waals surface area contributed by atoms with Crippen LogP contribution in [0.25, 0.3) is 10.8 Å². The van der Waals surface area contributed by atoms with Crippen LogP contribution in [0.5, 0.6) is 5.75 Å². The molecule has 128 valence electrons. The summed E-state index contributed by atoms with van der Waals surface area (Å²) in [5.74, 6) is -0.0307. The van der Waals surface area contributed by atoms with Crippen molar-refractivity contribution in [3.8, 4) is 5.75 Å². The molecule has 4 rings (SSSR count). The van der Waals surface area contributed by atoms with Gasteiger partial charge in [0.2, 0.25) is 0 Å². The summed E-state index contributed by atoms with van der Waals surface area (Å²) in [6.45, 7) is 0. The molecule has 1 heterocycles. The molecular weight excluding hydrogens is 346 g/mol. The second kappa shape index (κ2) is 6.85. The number of thiazole rings is 1. The number of nitrogens with one attached hydrogen (secondary N) is 2. The molecule has 0 saturated carbocycles. The predicted molar refractivity (Wildman–Crippen MR) is 105 cm³/mol. The minimum Gasteiger partial charge on any atom is -0.507 e. The number of benzene rings is 3. The lowest BCUT2D eigenvalue weighted by Crippen LogP contribution is -2.12. The summed E-state index contributed by atoms with van der Waals surface area (Å²) in [5, 5.41) is 20.2. The molecule has 0 radical (unpaired) electrons. The molecule has 0 aliphatic heterocycles. The zero-order chi connectivity index (χ0) is 17.9. The van der Waals surface area contributed by atoms with Crippen molar-refractivity contribution in [1.29, 1.82) is 0 Å². The van der Waals surface area contributed by atoms with Gasteiger partial charge in [0.1, 0.15) is 5.75 Å². The number of phenolic OH excluding ortho intramolecular Hbond substituents is 1. The lowest BCUT2D eigenvalue weighted by Gasteiger charge is -2.10. The number of amides is 1. The van der Waals surface area contributed by atoms with Gasteiger partial charge in [-0.25, -0.2) is 4.98 Å². The highest BCUT2D eigenvalue weighted by Gasteiger charge is 2.10. The molecule has 0 aliphatic rings. The van der Waals surface area contributed by atoms with Gasteiger partial charge in [-0.2, -0.15) is 0 Å². The average Bonchev–Trinajstić information content (AvgIpc) is 3.16. The molecule has 0 unspecified atom stereocenters. The molecule has 3 aromatic carbocycles. The summed E-state index contributed by atoms with van der Waals surface area (Å²) in [4.78, 5) is 16.9. The first-order valence-electron chi connectivity index (χ1n) is 7.99. The topological polar surface area (TPSA) is 74.2 Å². The van der Waals surface area contributed by atoms with Crippen molar-refractivity contribution in [2.75, 3.05) is 10.6 Å². The Morgan fingerprint density at radius 1 is 1.00 bits per heavy atom. The number of rotatable bonds is 4. The first kappa shape index (κ1) is 16.1. The van der Waals surface area contributed by atoms with Crippen LogP contribution >= 0.6 is 11.3 Å². The van der Waals surface area contributed by atoms with E-state index < -0.39 is 0 Å². The summed E-state index contributed by atoms with van der Waals surface area (Å²) in [5.41, 5.74) is 1.98. The van der Waals surface area contributed by atoms with E-state index in [-0.39, 0.29) is 11.7 Å². The molecule has 6 heteroatoms. The number of phenols is 1. The number of carbonyl (C=O) groups is 1. The van der Waals surface area contributed by atoms with E-state index in [9.17, 15) is 9.90 Å². The molecule has 4 aromatic rings. The fourth-order valence-electron chi connectivity index (χ4n) is 2.74. The first-order valence-corrected chi connectivity index (χ1v) is 8.87. The van der Waals surface area contributed by atoms with Gasteiger partial charge in [-0.3, -0.25) is 4.79 Å². The number of fused-ring (bicyclic) bond motifs is 1. The molecule has 0 spiro atoms. The molecule has 0 aliphatic carbocycles. The zero-order valence-corrected chi connectivity index (χ0v) is 14.5. The van der Waals surface area contributed by atoms with E-state index in [1.165, 1.54) is 11.3 Å². The van der Waals surface area contributed by atoms with Gasteiger partial charge in [0.05, 0.1) is 0 Å². The monoisotopic (exact) mass is 361 g/mol. The van der Waals surface area contributed by atoms with Gasteiger partial charge in [-0.15, -0.1) is 11.3 Å². The maximum atomic E-state index is 12.7. The Morgan fingerprint density at radius 2 is 1.81 bits per heavy atom. The summed E-state index contributed by atoms with van der Waals surface area (Å²) in [6, 6.07) is 17.9. The van der Waals surface area contributed by atoms with Gasteiger partial charge >= 0.3 is 0 Å². The predicted octanol–water partition coefficient (Wildman–Crippen LogP) is 5.00. The van der Waals surface area contributed by atoms with E-state index in [0.29, 0.717) is 16.6 Å². The quantitative estimate of drug-likeness (QED) is 0.478. The van der Waals surface area contributed by atoms with E-state index >= 15 is 0 Å². The molecule has 0 fully saturated rings. The Kier molecular flexibility index (Phi) is 4.25. The van der Waals surface area contributed by atoms with Crippen molar-refractivity contribution in [3.63, 3.8) is 0 Å². The fraction of sp³-hybridized carbons (Fsp3) is 0. The second-order valence-corrected chi connectivity index (χ2v) is 6.57. The number of nitrogens with zero attached hydrogens (tertiary/aromatic N) is 1. The largest absolute Gasteiger partial charge is 0.507 e. The summed E-state index contributed by atoms with van der Waals surface area (Å²) < 4.78 is 0. The highest BCUT2D eigenvalue weighted by atomic mass is 32.1. The fourth-order valence-corrected chi connectivity index (χ4v) is 3.29. The third-order valence-electron chi connectivity index (χ3n) is 3.96. The number of aromatic nitrogens is 1. The lowest BCUT2D eigenvalue weighted by molar-refractivity contribution is 0.102. The van der Waals surface area contributed by atoms with Gasteiger partial charge in [0.15, 0.2) is 5.13 Å². The molecule has 3 N–H and O–H groups in total. The van der Waals surface area contributed by atoms with E-state index in [1.807, 2.05) is 35.7 Å². The number of hydrogen-bond acceptors (Lipinski definition) is 5. The van der Waals surface area contributed by atoms with Crippen molar-refractivity contribution >= 4 is 44.5 Å². The highest BCUT2D eigenvalue weighted by molar-refractivity contribution is 7.13. The van der Waals surface area contributed by atoms with Crippen LogP contribution in [0.2, 0.25) is 0 Å². The molecule has 0 bridgehead atoms. The van der Waals surface area contributed by atoms with Crippen molar-refractivity contribution in [3.05, 3.63) is 77.8 Å². The highest BCUT2D eigenvalue weighted by Crippen LogP contribution is 2.30. The number of aromatic hydroxyl groups is 1. The molecule has 1 aromatic heterocycles. The van der Waals surface area contributed by atoms with Crippen molar-refractivity contribution in [2.45, 2.75) is 0 Å². The lowest BCUT2D eigenvalue weighted by atomic mass is 10.1. The van der Waals surface area contributed by atoms with E-state index in [4.69, 9.17) is 0 Å². The van der Waals surface area contributed by atoms with E-state index in [1.54, 1.807) is 36.5 Å². The Hall–Kier alpha value is -3.38. The third-order valence-corrected chi connectivity index (χ3v) is 4.64. The van der Waals surface area contributed by atoms with Crippen LogP contribution in [-0.4, -0.2) is 16.0 Å². The van der Waals surface area contributed by atoms with Crippen LogP contribution in [0.3, 0.4) is 0 Å². The van der Waals surface area contributed by atoms with Crippen LogP contribution < -0.4 is 10.6 Å². The summed E-state index contributed by atoms with van der Waals surface area (Å²) in [6.07, 6.45) is 1.72. The van der Waals surface area contributed by atoms with Crippen LogP contribution in [0.4, 0.5) is 16.5 Å². The van der Waals surface area contributed by atoms with Gasteiger partial charge in [-0.1, -0.05) is 30.3 Å². The molecule has 1 amide bonds. The van der Waals surface area contributed by atoms with Gasteiger partial charge in [0.25, 0.3) is 5.91 Å². The van der Waals surface area contributed by atoms with Crippen LogP contribution in [0.1, 0.15) is 10.4 Å². The maximum Gasteiger partial charge on any atom is 0.255 e. The first-order chi connectivity index (χ1) is 12.7. The molecule has 26 heavy (non-hydrogen) atoms. The van der Waals surface area contributed by atoms with Crippen LogP contribution in [-0.2, 0) is 0 Å². The van der Waals surface area contributed by atoms with Crippen molar-refractivity contribution < 1.29 is 9.90 Å². The van der Waals surface area contributed by atoms with Gasteiger partial charge in [-0.05, 0) is 30.3 Å². The number of carbonyl (C=O) groups excluding carboxylic acids is 1. The average molecular weight is 361 g/mol. The van der Waals surface area contributed by atoms with Crippen molar-refractivity contribution in [2.24, 2.45) is 0 Å². The third kappa shape index (κ3) is 3.22. The van der Waals surface area contributed by atoms with E-state index in [2.05, 4.69) is 15.6 Å². The normalized spacial score (nSPS) is 10.6. The molecule has 5 nitrogen and oxygen atoms in total. The zero-order valence-electron chi connectivity index (χ0n) is 13.6. The Labute approximate surface area is 154 Å². The molecule has 0 atom stereocenters. The van der Waals surface area contributed by atoms with Gasteiger partial charge in [0, 0.05) is 39.3 Å². The maximum absolute atomic E-state index is 12.7. The Bertz CT molecular complexity index is 1080. The summed E-state index contributed by atoms with van der Waals surface area (Å²) in [7, 11) is 0.